The van der Waals surface area contributed by atoms with Crippen molar-refractivity contribution < 1.29 is 9.53 Å². The zero-order valence-electron chi connectivity index (χ0n) is 12.9. The van der Waals surface area contributed by atoms with Gasteiger partial charge >= 0.3 is 0 Å². The molecule has 1 aliphatic carbocycles. The summed E-state index contributed by atoms with van der Waals surface area (Å²) in [6, 6.07) is 7.37. The normalized spacial score (nSPS) is 31.1. The second-order valence-electron chi connectivity index (χ2n) is 6.94. The molecule has 3 rings (SSSR count). The average Bonchev–Trinajstić information content (AvgIpc) is 2.91. The molecule has 114 valence electrons. The lowest BCUT2D eigenvalue weighted by atomic mass is 9.57. The molecular formula is C17H24N2O2. The Bertz CT molecular complexity index is 538. The highest BCUT2D eigenvalue weighted by molar-refractivity contribution is 5.83. The average molecular weight is 288 g/mol. The van der Waals surface area contributed by atoms with Crippen molar-refractivity contribution in [3.8, 4) is 0 Å². The molecule has 21 heavy (non-hydrogen) atoms. The minimum absolute atomic E-state index is 0.0101. The van der Waals surface area contributed by atoms with Crippen LogP contribution in [-0.2, 0) is 9.53 Å². The highest BCUT2D eigenvalue weighted by Crippen LogP contribution is 2.52. The Balaban J connectivity index is 1.67. The van der Waals surface area contributed by atoms with E-state index < -0.39 is 6.04 Å². The molecule has 1 aromatic carbocycles. The number of carbonyl (C=O) groups is 1. The lowest BCUT2D eigenvalue weighted by Crippen LogP contribution is -2.67. The Labute approximate surface area is 126 Å². The minimum Gasteiger partial charge on any atom is -0.377 e. The molecule has 1 saturated heterocycles. The van der Waals surface area contributed by atoms with Gasteiger partial charge in [-0.2, -0.15) is 0 Å². The largest absolute Gasteiger partial charge is 0.377 e. The summed E-state index contributed by atoms with van der Waals surface area (Å²) in [4.78, 5) is 12.4. The minimum atomic E-state index is -0.609. The molecule has 4 atom stereocenters. The fourth-order valence-electron chi connectivity index (χ4n) is 3.79. The maximum absolute atomic E-state index is 12.4. The molecule has 0 radical (unpaired) electrons. The maximum Gasteiger partial charge on any atom is 0.241 e. The van der Waals surface area contributed by atoms with Crippen molar-refractivity contribution in [2.75, 3.05) is 6.61 Å². The van der Waals surface area contributed by atoms with Crippen molar-refractivity contribution in [1.29, 1.82) is 0 Å². The predicted octanol–water partition coefficient (Wildman–Crippen LogP) is 1.92. The summed E-state index contributed by atoms with van der Waals surface area (Å²) in [5.74, 6) is 0.344. The highest BCUT2D eigenvalue weighted by atomic mass is 16.5. The monoisotopic (exact) mass is 288 g/mol. The van der Waals surface area contributed by atoms with Crippen LogP contribution >= 0.6 is 0 Å². The molecule has 1 amide bonds. The second kappa shape index (κ2) is 5.11. The molecule has 1 heterocycles. The van der Waals surface area contributed by atoms with Gasteiger partial charge in [-0.05, 0) is 18.9 Å². The van der Waals surface area contributed by atoms with E-state index in [1.165, 1.54) is 0 Å². The quantitative estimate of drug-likeness (QED) is 0.893. The zero-order chi connectivity index (χ0) is 15.2. The van der Waals surface area contributed by atoms with Crippen LogP contribution in [0.25, 0.3) is 0 Å². The molecule has 2 fully saturated rings. The van der Waals surface area contributed by atoms with Crippen molar-refractivity contribution in [3.63, 3.8) is 0 Å². The molecule has 0 spiro atoms. The van der Waals surface area contributed by atoms with Crippen LogP contribution in [0.4, 0.5) is 0 Å². The van der Waals surface area contributed by atoms with Gasteiger partial charge in [0.1, 0.15) is 6.04 Å². The predicted molar refractivity (Wildman–Crippen MR) is 81.7 cm³/mol. The molecule has 3 N–H and O–H groups in total. The summed E-state index contributed by atoms with van der Waals surface area (Å²) in [6.07, 6.45) is 1.30. The summed E-state index contributed by atoms with van der Waals surface area (Å²) in [6.45, 7) is 7.13. The maximum atomic E-state index is 12.4. The third kappa shape index (κ3) is 2.36. The number of rotatable bonds is 3. The molecule has 4 nitrogen and oxygen atoms in total. The topological polar surface area (TPSA) is 64.4 Å². The van der Waals surface area contributed by atoms with Crippen LogP contribution < -0.4 is 11.1 Å². The Hall–Kier alpha value is -1.39. The third-order valence-corrected chi connectivity index (χ3v) is 5.12. The van der Waals surface area contributed by atoms with E-state index in [4.69, 9.17) is 10.5 Å². The number of aryl methyl sites for hydroxylation is 1. The Morgan fingerprint density at radius 1 is 1.38 bits per heavy atom. The fourth-order valence-corrected chi connectivity index (χ4v) is 3.79. The number of ether oxygens (including phenoxy) is 1. The number of carbonyl (C=O) groups excluding carboxylic acids is 1. The van der Waals surface area contributed by atoms with Crippen LogP contribution in [0.2, 0.25) is 0 Å². The lowest BCUT2D eigenvalue weighted by molar-refractivity contribution is -0.139. The number of hydrogen-bond donors (Lipinski definition) is 2. The van der Waals surface area contributed by atoms with Crippen molar-refractivity contribution in [3.05, 3.63) is 35.4 Å². The van der Waals surface area contributed by atoms with Gasteiger partial charge in [-0.25, -0.2) is 0 Å². The molecule has 4 unspecified atom stereocenters. The molecule has 0 bridgehead atoms. The van der Waals surface area contributed by atoms with Crippen molar-refractivity contribution in [2.45, 2.75) is 45.4 Å². The van der Waals surface area contributed by atoms with Gasteiger partial charge in [-0.15, -0.1) is 0 Å². The van der Waals surface area contributed by atoms with Gasteiger partial charge in [0.05, 0.1) is 6.10 Å². The summed E-state index contributed by atoms with van der Waals surface area (Å²) in [7, 11) is 0. The van der Waals surface area contributed by atoms with Gasteiger partial charge in [-0.3, -0.25) is 4.79 Å². The highest BCUT2D eigenvalue weighted by Gasteiger charge is 2.59. The SMILES string of the molecule is Cc1ccc(C(N)C(=O)NC2C3CCOC3C2(C)C)cc1. The van der Waals surface area contributed by atoms with E-state index in [-0.39, 0.29) is 23.5 Å². The molecule has 1 saturated carbocycles. The first kappa shape index (κ1) is 14.5. The van der Waals surface area contributed by atoms with Gasteiger partial charge < -0.3 is 15.8 Å². The van der Waals surface area contributed by atoms with Crippen LogP contribution in [0.15, 0.2) is 24.3 Å². The van der Waals surface area contributed by atoms with E-state index in [1.807, 2.05) is 31.2 Å². The number of fused-ring (bicyclic) bond motifs is 1. The molecule has 1 aromatic rings. The number of benzene rings is 1. The Kier molecular flexibility index (Phi) is 3.54. The van der Waals surface area contributed by atoms with Crippen molar-refractivity contribution in [2.24, 2.45) is 17.1 Å². The molecule has 4 heteroatoms. The van der Waals surface area contributed by atoms with E-state index in [2.05, 4.69) is 19.2 Å². The first-order chi connectivity index (χ1) is 9.91. The van der Waals surface area contributed by atoms with Crippen molar-refractivity contribution >= 4 is 5.91 Å². The summed E-state index contributed by atoms with van der Waals surface area (Å²) in [5.41, 5.74) is 8.11. The van der Waals surface area contributed by atoms with E-state index in [1.54, 1.807) is 0 Å². The third-order valence-electron chi connectivity index (χ3n) is 5.12. The molecule has 1 aliphatic heterocycles. The number of nitrogens with two attached hydrogens (primary N) is 1. The zero-order valence-corrected chi connectivity index (χ0v) is 12.9. The van der Waals surface area contributed by atoms with E-state index in [0.29, 0.717) is 5.92 Å². The number of hydrogen-bond acceptors (Lipinski definition) is 3. The van der Waals surface area contributed by atoms with E-state index >= 15 is 0 Å². The lowest BCUT2D eigenvalue weighted by Gasteiger charge is -2.54. The van der Waals surface area contributed by atoms with Crippen LogP contribution in [0, 0.1) is 18.3 Å². The van der Waals surface area contributed by atoms with E-state index in [0.717, 1.165) is 24.2 Å². The van der Waals surface area contributed by atoms with Crippen LogP contribution in [0.1, 0.15) is 37.4 Å². The standard InChI is InChI=1S/C17H24N2O2/c1-10-4-6-11(7-5-10)13(18)16(20)19-14-12-8-9-21-15(12)17(14,2)3/h4-7,12-15H,8-9,18H2,1-3H3,(H,19,20). The van der Waals surface area contributed by atoms with Crippen LogP contribution in [-0.4, -0.2) is 24.7 Å². The van der Waals surface area contributed by atoms with Gasteiger partial charge in [-0.1, -0.05) is 43.7 Å². The second-order valence-corrected chi connectivity index (χ2v) is 6.94. The van der Waals surface area contributed by atoms with Crippen LogP contribution in [0.3, 0.4) is 0 Å². The number of nitrogens with one attached hydrogen (secondary N) is 1. The van der Waals surface area contributed by atoms with Gasteiger partial charge in [0.2, 0.25) is 5.91 Å². The van der Waals surface area contributed by atoms with E-state index in [9.17, 15) is 4.79 Å². The Morgan fingerprint density at radius 2 is 2.05 bits per heavy atom. The first-order valence-corrected chi connectivity index (χ1v) is 7.65. The smallest absolute Gasteiger partial charge is 0.241 e. The van der Waals surface area contributed by atoms with Crippen LogP contribution in [0.5, 0.6) is 0 Å². The Morgan fingerprint density at radius 3 is 2.71 bits per heavy atom. The molecule has 2 aliphatic rings. The van der Waals surface area contributed by atoms with Gasteiger partial charge in [0.25, 0.3) is 0 Å². The van der Waals surface area contributed by atoms with Gasteiger partial charge in [0.15, 0.2) is 0 Å². The first-order valence-electron chi connectivity index (χ1n) is 7.65. The molecule has 0 aromatic heterocycles. The summed E-state index contributed by atoms with van der Waals surface area (Å²) >= 11 is 0. The van der Waals surface area contributed by atoms with Gasteiger partial charge in [0, 0.05) is 24.0 Å². The fraction of sp³-hybridized carbons (Fsp3) is 0.588. The molecular weight excluding hydrogens is 264 g/mol. The van der Waals surface area contributed by atoms with Crippen molar-refractivity contribution in [1.82, 2.24) is 5.32 Å². The summed E-state index contributed by atoms with van der Waals surface area (Å²) < 4.78 is 5.75. The summed E-state index contributed by atoms with van der Waals surface area (Å²) in [5, 5.41) is 3.15. The number of amides is 1.